The van der Waals surface area contributed by atoms with Gasteiger partial charge in [-0.05, 0) is 35.5 Å². The van der Waals surface area contributed by atoms with Crippen molar-refractivity contribution in [1.29, 1.82) is 0 Å². The molecule has 1 aromatic heterocycles. The van der Waals surface area contributed by atoms with E-state index >= 15 is 0 Å². The average molecular weight is 399 g/mol. The zero-order valence-corrected chi connectivity index (χ0v) is 16.2. The molecule has 0 amide bonds. The number of fused-ring (bicyclic) bond motifs is 1. The maximum atomic E-state index is 11.6. The number of rotatable bonds is 6. The number of H-pyrrole nitrogens is 1. The highest BCUT2D eigenvalue weighted by atomic mass is 32.1. The van der Waals surface area contributed by atoms with E-state index in [2.05, 4.69) is 15.1 Å². The van der Waals surface area contributed by atoms with Gasteiger partial charge in [0.1, 0.15) is 0 Å². The Hall–Kier alpha value is -3.60. The van der Waals surface area contributed by atoms with E-state index in [1.165, 1.54) is 0 Å². The van der Waals surface area contributed by atoms with Gasteiger partial charge in [0.05, 0.1) is 22.5 Å². The molecule has 4 rings (SSSR count). The fraction of sp³-hybridized carbons (Fsp3) is 0.0870. The SMILES string of the molecule is O=[N+]([O-])CC(c1ccccc1)c1c(-c2ccccc2N=C=S)[nH]c2ccccc12. The maximum absolute atomic E-state index is 11.6. The monoisotopic (exact) mass is 399 g/mol. The van der Waals surface area contributed by atoms with Gasteiger partial charge in [0.2, 0.25) is 6.54 Å². The van der Waals surface area contributed by atoms with Crippen LogP contribution >= 0.6 is 12.2 Å². The molecule has 1 N–H and O–H groups in total. The Morgan fingerprint density at radius 2 is 1.69 bits per heavy atom. The fourth-order valence-electron chi connectivity index (χ4n) is 3.77. The van der Waals surface area contributed by atoms with Gasteiger partial charge in [0.25, 0.3) is 0 Å². The summed E-state index contributed by atoms with van der Waals surface area (Å²) in [5, 5.41) is 15.0. The lowest BCUT2D eigenvalue weighted by Gasteiger charge is -2.16. The third-order valence-corrected chi connectivity index (χ3v) is 5.06. The van der Waals surface area contributed by atoms with Crippen molar-refractivity contribution in [3.63, 3.8) is 0 Å². The molecule has 29 heavy (non-hydrogen) atoms. The van der Waals surface area contributed by atoms with E-state index in [0.29, 0.717) is 5.69 Å². The minimum absolute atomic E-state index is 0.211. The summed E-state index contributed by atoms with van der Waals surface area (Å²) in [6.45, 7) is -0.211. The molecule has 0 saturated carbocycles. The van der Waals surface area contributed by atoms with Crippen LogP contribution in [0.4, 0.5) is 5.69 Å². The third kappa shape index (κ3) is 3.72. The summed E-state index contributed by atoms with van der Waals surface area (Å²) in [7, 11) is 0. The van der Waals surface area contributed by atoms with E-state index in [9.17, 15) is 10.1 Å². The van der Waals surface area contributed by atoms with Gasteiger partial charge in [-0.3, -0.25) is 10.1 Å². The van der Waals surface area contributed by atoms with Crippen LogP contribution in [0.3, 0.4) is 0 Å². The standard InChI is InChI=1S/C23H17N3O2S/c27-26(28)14-19(16-8-2-1-3-9-16)22-17-10-4-7-13-21(17)25-23(22)18-11-5-6-12-20(18)24-15-29/h1-13,19,25H,14H2. The van der Waals surface area contributed by atoms with Gasteiger partial charge in [0, 0.05) is 21.4 Å². The summed E-state index contributed by atoms with van der Waals surface area (Å²) in [5.74, 6) is -0.415. The topological polar surface area (TPSA) is 71.3 Å². The van der Waals surface area contributed by atoms with E-state index < -0.39 is 5.92 Å². The molecule has 0 radical (unpaired) electrons. The van der Waals surface area contributed by atoms with E-state index in [-0.39, 0.29) is 11.5 Å². The second kappa shape index (κ2) is 8.19. The average Bonchev–Trinajstić information content (AvgIpc) is 3.12. The predicted octanol–water partition coefficient (Wildman–Crippen LogP) is 5.98. The van der Waals surface area contributed by atoms with Crippen LogP contribution < -0.4 is 0 Å². The number of aliphatic imine (C=N–C) groups is 1. The lowest BCUT2D eigenvalue weighted by molar-refractivity contribution is -0.481. The fourth-order valence-corrected chi connectivity index (χ4v) is 3.87. The van der Waals surface area contributed by atoms with Crippen molar-refractivity contribution in [2.24, 2.45) is 4.99 Å². The van der Waals surface area contributed by atoms with Gasteiger partial charge in [-0.15, -0.1) is 0 Å². The molecular weight excluding hydrogens is 382 g/mol. The zero-order chi connectivity index (χ0) is 20.2. The summed E-state index contributed by atoms with van der Waals surface area (Å²) in [6, 6.07) is 25.0. The Bertz CT molecular complexity index is 1230. The Labute approximate surface area is 172 Å². The van der Waals surface area contributed by atoms with Crippen LogP contribution in [0.25, 0.3) is 22.2 Å². The highest BCUT2D eigenvalue weighted by Gasteiger charge is 2.28. The summed E-state index contributed by atoms with van der Waals surface area (Å²) in [6.07, 6.45) is 0. The van der Waals surface area contributed by atoms with Crippen LogP contribution in [0.2, 0.25) is 0 Å². The second-order valence-corrected chi connectivity index (χ2v) is 6.84. The highest BCUT2D eigenvalue weighted by molar-refractivity contribution is 7.78. The van der Waals surface area contributed by atoms with Crippen LogP contribution in [0.5, 0.6) is 0 Å². The van der Waals surface area contributed by atoms with Crippen molar-refractivity contribution >= 4 is 34.0 Å². The first-order valence-electron chi connectivity index (χ1n) is 9.13. The number of isothiocyanates is 1. The van der Waals surface area contributed by atoms with Gasteiger partial charge in [0.15, 0.2) is 0 Å². The van der Waals surface area contributed by atoms with Crippen molar-refractivity contribution in [3.05, 3.63) is 100 Å². The van der Waals surface area contributed by atoms with E-state index in [0.717, 1.165) is 33.3 Å². The lowest BCUT2D eigenvalue weighted by Crippen LogP contribution is -2.14. The number of aromatic amines is 1. The van der Waals surface area contributed by atoms with Crippen molar-refractivity contribution in [2.45, 2.75) is 5.92 Å². The van der Waals surface area contributed by atoms with Gasteiger partial charge >= 0.3 is 0 Å². The minimum Gasteiger partial charge on any atom is -0.354 e. The Balaban J connectivity index is 2.04. The molecule has 0 bridgehead atoms. The molecule has 0 aliphatic carbocycles. The van der Waals surface area contributed by atoms with Crippen LogP contribution in [0, 0.1) is 10.1 Å². The summed E-state index contributed by atoms with van der Waals surface area (Å²) < 4.78 is 0. The number of para-hydroxylation sites is 2. The number of nitrogens with zero attached hydrogens (tertiary/aromatic N) is 2. The van der Waals surface area contributed by atoms with Crippen molar-refractivity contribution in [1.82, 2.24) is 4.98 Å². The van der Waals surface area contributed by atoms with Crippen LogP contribution in [-0.4, -0.2) is 21.6 Å². The Morgan fingerprint density at radius 3 is 2.45 bits per heavy atom. The smallest absolute Gasteiger partial charge is 0.214 e. The van der Waals surface area contributed by atoms with Crippen LogP contribution in [0.15, 0.2) is 83.9 Å². The lowest BCUT2D eigenvalue weighted by atomic mass is 9.87. The normalized spacial score (nSPS) is 11.7. The van der Waals surface area contributed by atoms with Crippen molar-refractivity contribution in [3.8, 4) is 11.3 Å². The zero-order valence-electron chi connectivity index (χ0n) is 15.4. The summed E-state index contributed by atoms with van der Waals surface area (Å²) in [5.41, 5.74) is 5.01. The minimum atomic E-state index is -0.415. The molecule has 142 valence electrons. The number of nitro groups is 1. The van der Waals surface area contributed by atoms with E-state index in [1.54, 1.807) is 0 Å². The van der Waals surface area contributed by atoms with Crippen LogP contribution in [-0.2, 0) is 0 Å². The molecule has 0 saturated heterocycles. The highest BCUT2D eigenvalue weighted by Crippen LogP contribution is 2.41. The Kier molecular flexibility index (Phi) is 5.29. The van der Waals surface area contributed by atoms with E-state index in [4.69, 9.17) is 12.2 Å². The van der Waals surface area contributed by atoms with Gasteiger partial charge in [-0.25, -0.2) is 0 Å². The molecule has 0 aliphatic rings. The molecular formula is C23H17N3O2S. The maximum Gasteiger partial charge on any atom is 0.214 e. The first-order chi connectivity index (χ1) is 14.2. The molecule has 0 aliphatic heterocycles. The summed E-state index contributed by atoms with van der Waals surface area (Å²) in [4.78, 5) is 19.0. The second-order valence-electron chi connectivity index (χ2n) is 6.66. The van der Waals surface area contributed by atoms with Gasteiger partial charge in [-0.2, -0.15) is 4.99 Å². The van der Waals surface area contributed by atoms with Crippen molar-refractivity contribution < 1.29 is 4.92 Å². The number of benzene rings is 3. The molecule has 4 aromatic rings. The first-order valence-corrected chi connectivity index (χ1v) is 9.54. The molecule has 1 unspecified atom stereocenters. The van der Waals surface area contributed by atoms with Crippen molar-refractivity contribution in [2.75, 3.05) is 6.54 Å². The molecule has 0 fully saturated rings. The Morgan fingerprint density at radius 1 is 1.00 bits per heavy atom. The largest absolute Gasteiger partial charge is 0.354 e. The molecule has 1 heterocycles. The number of aromatic nitrogens is 1. The van der Waals surface area contributed by atoms with Gasteiger partial charge in [-0.1, -0.05) is 66.7 Å². The van der Waals surface area contributed by atoms with E-state index in [1.807, 2.05) is 78.9 Å². The quantitative estimate of drug-likeness (QED) is 0.188. The molecule has 6 heteroatoms. The van der Waals surface area contributed by atoms with Gasteiger partial charge < -0.3 is 4.98 Å². The third-order valence-electron chi connectivity index (χ3n) is 4.97. The first kappa shape index (κ1) is 18.7. The molecule has 5 nitrogen and oxygen atoms in total. The number of hydrogen-bond donors (Lipinski definition) is 1. The number of nitrogens with one attached hydrogen (secondary N) is 1. The number of hydrogen-bond acceptors (Lipinski definition) is 4. The summed E-state index contributed by atoms with van der Waals surface area (Å²) >= 11 is 4.81. The number of thiocarbonyl (C=S) groups is 1. The van der Waals surface area contributed by atoms with Crippen LogP contribution in [0.1, 0.15) is 17.0 Å². The molecule has 3 aromatic carbocycles. The predicted molar refractivity (Wildman–Crippen MR) is 119 cm³/mol. The molecule has 0 spiro atoms. The molecule has 1 atom stereocenters.